The molecule has 35 heavy (non-hydrogen) atoms. The number of amides is 2. The Labute approximate surface area is 209 Å². The van der Waals surface area contributed by atoms with Crippen molar-refractivity contribution in [2.45, 2.75) is 70.4 Å². The third kappa shape index (κ3) is 6.42. The van der Waals surface area contributed by atoms with E-state index in [1.165, 1.54) is 0 Å². The number of ether oxygens (including phenoxy) is 1. The molecule has 0 unspecified atom stereocenters. The predicted molar refractivity (Wildman–Crippen MR) is 137 cm³/mol. The molecule has 2 aromatic rings. The van der Waals surface area contributed by atoms with Gasteiger partial charge in [0.25, 0.3) is 0 Å². The summed E-state index contributed by atoms with van der Waals surface area (Å²) in [5, 5.41) is 13.0. The van der Waals surface area contributed by atoms with Crippen molar-refractivity contribution in [1.82, 2.24) is 10.2 Å². The van der Waals surface area contributed by atoms with Gasteiger partial charge in [-0.1, -0.05) is 62.7 Å². The van der Waals surface area contributed by atoms with Gasteiger partial charge in [0.2, 0.25) is 11.8 Å². The molecule has 0 aromatic heterocycles. The lowest BCUT2D eigenvalue weighted by Gasteiger charge is -2.31. The number of unbranched alkanes of at least 4 members (excludes halogenated alkanes) is 1. The van der Waals surface area contributed by atoms with E-state index in [-0.39, 0.29) is 17.7 Å². The third-order valence-electron chi connectivity index (χ3n) is 7.19. The highest BCUT2D eigenvalue weighted by molar-refractivity contribution is 5.88. The van der Waals surface area contributed by atoms with Gasteiger partial charge in [-0.05, 0) is 54.9 Å². The number of carbonyl (C=O) groups excluding carboxylic acids is 2. The number of methoxy groups -OCH3 is 1. The van der Waals surface area contributed by atoms with Gasteiger partial charge in [0.1, 0.15) is 11.8 Å². The monoisotopic (exact) mass is 475 g/mol. The van der Waals surface area contributed by atoms with Gasteiger partial charge in [0.15, 0.2) is 0 Å². The summed E-state index contributed by atoms with van der Waals surface area (Å²) in [6, 6.07) is 19.7. The molecule has 2 atom stereocenters. The zero-order valence-corrected chi connectivity index (χ0v) is 21.1. The number of nitrogens with one attached hydrogen (secondary N) is 1. The predicted octanol–water partition coefficient (Wildman–Crippen LogP) is 4.98. The SMILES string of the molecule is COc1ccc(CNC(=O)[C@H]2CCCN2C(=O)CCCC[C@@](C#N)(c2ccccc2)C(C)C)cc1. The molecule has 186 valence electrons. The molecule has 0 aliphatic carbocycles. The van der Waals surface area contributed by atoms with Crippen molar-refractivity contribution in [3.05, 3.63) is 65.7 Å². The molecule has 3 rings (SSSR count). The normalized spacial score (nSPS) is 17.0. The average molecular weight is 476 g/mol. The Morgan fingerprint density at radius 1 is 1.14 bits per heavy atom. The van der Waals surface area contributed by atoms with Crippen molar-refractivity contribution in [1.29, 1.82) is 5.26 Å². The Hall–Kier alpha value is -3.33. The molecular formula is C29H37N3O3. The van der Waals surface area contributed by atoms with Gasteiger partial charge in [0, 0.05) is 19.5 Å². The minimum absolute atomic E-state index is 0.0268. The standard InChI is InChI=1S/C29H37N3O3/c1-22(2)29(21-30,24-10-5-4-6-11-24)18-8-7-13-27(33)32-19-9-12-26(32)28(34)31-20-23-14-16-25(35-3)17-15-23/h4-6,10-11,14-17,22,26H,7-9,12-13,18-20H2,1-3H3,(H,31,34)/t26-,29+/m1/s1. The van der Waals surface area contributed by atoms with Gasteiger partial charge >= 0.3 is 0 Å². The smallest absolute Gasteiger partial charge is 0.243 e. The fourth-order valence-corrected chi connectivity index (χ4v) is 4.96. The van der Waals surface area contributed by atoms with Crippen LogP contribution in [0, 0.1) is 17.2 Å². The molecule has 0 saturated carbocycles. The lowest BCUT2D eigenvalue weighted by molar-refractivity contribution is -0.138. The molecule has 0 bridgehead atoms. The summed E-state index contributed by atoms with van der Waals surface area (Å²) in [5.41, 5.74) is 1.47. The maximum Gasteiger partial charge on any atom is 0.243 e. The molecule has 1 fully saturated rings. The summed E-state index contributed by atoms with van der Waals surface area (Å²) in [5.74, 6) is 0.873. The summed E-state index contributed by atoms with van der Waals surface area (Å²) in [6.07, 6.45) is 4.14. The lowest BCUT2D eigenvalue weighted by atomic mass is 9.69. The second-order valence-corrected chi connectivity index (χ2v) is 9.62. The van der Waals surface area contributed by atoms with E-state index in [4.69, 9.17) is 4.74 Å². The number of nitriles is 1. The number of benzene rings is 2. The summed E-state index contributed by atoms with van der Waals surface area (Å²) < 4.78 is 5.17. The number of rotatable bonds is 11. The molecule has 2 amide bonds. The zero-order chi connectivity index (χ0) is 25.3. The van der Waals surface area contributed by atoms with Gasteiger partial charge in [-0.3, -0.25) is 9.59 Å². The zero-order valence-electron chi connectivity index (χ0n) is 21.1. The minimum atomic E-state index is -0.554. The highest BCUT2D eigenvalue weighted by Gasteiger charge is 2.36. The molecule has 1 saturated heterocycles. The van der Waals surface area contributed by atoms with Crippen molar-refractivity contribution < 1.29 is 14.3 Å². The largest absolute Gasteiger partial charge is 0.497 e. The Bertz CT molecular complexity index is 1010. The minimum Gasteiger partial charge on any atom is -0.497 e. The molecule has 0 spiro atoms. The van der Waals surface area contributed by atoms with E-state index in [1.54, 1.807) is 12.0 Å². The first-order chi connectivity index (χ1) is 16.9. The summed E-state index contributed by atoms with van der Waals surface area (Å²) >= 11 is 0. The number of likely N-dealkylation sites (tertiary alicyclic amines) is 1. The van der Waals surface area contributed by atoms with Crippen LogP contribution in [-0.2, 0) is 21.5 Å². The highest BCUT2D eigenvalue weighted by atomic mass is 16.5. The maximum absolute atomic E-state index is 13.0. The molecule has 0 radical (unpaired) electrons. The number of hydrogen-bond donors (Lipinski definition) is 1. The number of nitrogens with zero attached hydrogens (tertiary/aromatic N) is 2. The van der Waals surface area contributed by atoms with Gasteiger partial charge in [0.05, 0.1) is 18.6 Å². The van der Waals surface area contributed by atoms with E-state index in [0.29, 0.717) is 38.8 Å². The van der Waals surface area contributed by atoms with E-state index >= 15 is 0 Å². The lowest BCUT2D eigenvalue weighted by Crippen LogP contribution is -2.45. The van der Waals surface area contributed by atoms with Crippen LogP contribution in [0.25, 0.3) is 0 Å². The van der Waals surface area contributed by atoms with Crippen LogP contribution in [0.15, 0.2) is 54.6 Å². The topological polar surface area (TPSA) is 82.4 Å². The third-order valence-corrected chi connectivity index (χ3v) is 7.19. The maximum atomic E-state index is 13.0. The second kappa shape index (κ2) is 12.4. The highest BCUT2D eigenvalue weighted by Crippen LogP contribution is 2.37. The average Bonchev–Trinajstić information content (AvgIpc) is 3.38. The van der Waals surface area contributed by atoms with E-state index < -0.39 is 11.5 Å². The molecule has 1 aliphatic rings. The van der Waals surface area contributed by atoms with Crippen LogP contribution >= 0.6 is 0 Å². The molecule has 6 nitrogen and oxygen atoms in total. The number of carbonyl (C=O) groups is 2. The summed E-state index contributed by atoms with van der Waals surface area (Å²) in [4.78, 5) is 27.5. The summed E-state index contributed by atoms with van der Waals surface area (Å²) in [7, 11) is 1.62. The quantitative estimate of drug-likeness (QED) is 0.465. The Balaban J connectivity index is 1.50. The Morgan fingerprint density at radius 3 is 2.49 bits per heavy atom. The van der Waals surface area contributed by atoms with Crippen LogP contribution in [0.1, 0.15) is 63.5 Å². The van der Waals surface area contributed by atoms with Crippen molar-refractivity contribution in [3.8, 4) is 11.8 Å². The molecule has 1 N–H and O–H groups in total. The van der Waals surface area contributed by atoms with Gasteiger partial charge in [-0.15, -0.1) is 0 Å². The fraction of sp³-hybridized carbons (Fsp3) is 0.483. The summed E-state index contributed by atoms with van der Waals surface area (Å²) in [6.45, 7) is 5.21. The van der Waals surface area contributed by atoms with E-state index in [9.17, 15) is 14.9 Å². The van der Waals surface area contributed by atoms with Crippen molar-refractivity contribution in [2.24, 2.45) is 5.92 Å². The van der Waals surface area contributed by atoms with Crippen LogP contribution in [0.2, 0.25) is 0 Å². The van der Waals surface area contributed by atoms with Gasteiger partial charge in [-0.2, -0.15) is 5.26 Å². The van der Waals surface area contributed by atoms with E-state index in [2.05, 4.69) is 25.2 Å². The first kappa shape index (κ1) is 26.3. The first-order valence-electron chi connectivity index (χ1n) is 12.6. The first-order valence-corrected chi connectivity index (χ1v) is 12.6. The van der Waals surface area contributed by atoms with Crippen LogP contribution in [-0.4, -0.2) is 36.4 Å². The van der Waals surface area contributed by atoms with E-state index in [0.717, 1.165) is 29.7 Å². The molecule has 6 heteroatoms. The van der Waals surface area contributed by atoms with E-state index in [1.807, 2.05) is 54.6 Å². The molecule has 1 heterocycles. The Kier molecular flexibility index (Phi) is 9.31. The Morgan fingerprint density at radius 2 is 1.86 bits per heavy atom. The van der Waals surface area contributed by atoms with Crippen LogP contribution < -0.4 is 10.1 Å². The second-order valence-electron chi connectivity index (χ2n) is 9.62. The molecule has 2 aromatic carbocycles. The van der Waals surface area contributed by atoms with Crippen LogP contribution in [0.3, 0.4) is 0 Å². The van der Waals surface area contributed by atoms with Crippen molar-refractivity contribution in [2.75, 3.05) is 13.7 Å². The van der Waals surface area contributed by atoms with Crippen molar-refractivity contribution >= 4 is 11.8 Å². The van der Waals surface area contributed by atoms with Crippen molar-refractivity contribution in [3.63, 3.8) is 0 Å². The fourth-order valence-electron chi connectivity index (χ4n) is 4.96. The molecular weight excluding hydrogens is 438 g/mol. The van der Waals surface area contributed by atoms with Gasteiger partial charge < -0.3 is 15.0 Å². The van der Waals surface area contributed by atoms with Crippen LogP contribution in [0.5, 0.6) is 5.75 Å². The van der Waals surface area contributed by atoms with Gasteiger partial charge in [-0.25, -0.2) is 0 Å². The van der Waals surface area contributed by atoms with Crippen LogP contribution in [0.4, 0.5) is 0 Å². The molecule has 1 aliphatic heterocycles. The number of hydrogen-bond acceptors (Lipinski definition) is 4.